The van der Waals surface area contributed by atoms with Crippen molar-refractivity contribution in [2.45, 2.75) is 39.3 Å². The third-order valence-corrected chi connectivity index (χ3v) is 4.27. The second-order valence-electron chi connectivity index (χ2n) is 5.58. The molecule has 1 saturated heterocycles. The van der Waals surface area contributed by atoms with E-state index in [0.717, 1.165) is 32.5 Å². The maximum Gasteiger partial charge on any atom is 0.387 e. The molecule has 0 radical (unpaired) electrons. The van der Waals surface area contributed by atoms with Crippen LogP contribution in [0.3, 0.4) is 0 Å². The van der Waals surface area contributed by atoms with Gasteiger partial charge >= 0.3 is 6.61 Å². The molecule has 1 aromatic rings. The molecule has 1 heterocycles. The number of hydrogen-bond donors (Lipinski definition) is 1. The van der Waals surface area contributed by atoms with E-state index >= 15 is 0 Å². The van der Waals surface area contributed by atoms with E-state index in [-0.39, 0.29) is 11.8 Å². The lowest BCUT2D eigenvalue weighted by Gasteiger charge is -2.35. The van der Waals surface area contributed by atoms with Gasteiger partial charge in [-0.3, -0.25) is 0 Å². The van der Waals surface area contributed by atoms with E-state index in [1.807, 2.05) is 6.07 Å². The number of benzene rings is 1. The Morgan fingerprint density at radius 1 is 1.29 bits per heavy atom. The summed E-state index contributed by atoms with van der Waals surface area (Å²) < 4.78 is 29.4. The van der Waals surface area contributed by atoms with Crippen LogP contribution in [0.1, 0.15) is 26.7 Å². The first kappa shape index (κ1) is 16.0. The van der Waals surface area contributed by atoms with Crippen LogP contribution in [0.15, 0.2) is 24.3 Å². The third kappa shape index (κ3) is 4.56. The molecule has 1 fully saturated rings. The van der Waals surface area contributed by atoms with E-state index in [1.54, 1.807) is 18.2 Å². The fourth-order valence-electron chi connectivity index (χ4n) is 2.92. The van der Waals surface area contributed by atoms with Crippen LogP contribution in [0.4, 0.5) is 14.5 Å². The standard InChI is InChI=1S/C16H24F2N2O/c1-3-20-10-8-13(9-11-20)12(2)19-14-6-4-5-7-15(14)21-16(17)18/h4-7,12-13,16,19H,3,8-11H2,1-2H3. The maximum absolute atomic E-state index is 12.4. The normalized spacial score (nSPS) is 18.7. The highest BCUT2D eigenvalue weighted by molar-refractivity contribution is 5.56. The van der Waals surface area contributed by atoms with Crippen LogP contribution in [-0.2, 0) is 0 Å². The lowest BCUT2D eigenvalue weighted by atomic mass is 9.90. The highest BCUT2D eigenvalue weighted by Crippen LogP contribution is 2.29. The minimum Gasteiger partial charge on any atom is -0.433 e. The monoisotopic (exact) mass is 298 g/mol. The van der Waals surface area contributed by atoms with Crippen molar-refractivity contribution in [2.75, 3.05) is 25.0 Å². The van der Waals surface area contributed by atoms with Gasteiger partial charge in [0, 0.05) is 6.04 Å². The molecule has 1 unspecified atom stereocenters. The Hall–Kier alpha value is -1.36. The number of ether oxygens (including phenoxy) is 1. The van der Waals surface area contributed by atoms with Crippen molar-refractivity contribution in [1.29, 1.82) is 0 Å². The van der Waals surface area contributed by atoms with Crippen molar-refractivity contribution in [1.82, 2.24) is 4.90 Å². The number of alkyl halides is 2. The number of para-hydroxylation sites is 2. The van der Waals surface area contributed by atoms with Gasteiger partial charge in [0.2, 0.25) is 0 Å². The minimum absolute atomic E-state index is 0.213. The zero-order valence-electron chi connectivity index (χ0n) is 12.7. The number of anilines is 1. The Bertz CT molecular complexity index is 434. The Balaban J connectivity index is 1.95. The Labute approximate surface area is 125 Å². The quantitative estimate of drug-likeness (QED) is 0.864. The third-order valence-electron chi connectivity index (χ3n) is 4.27. The zero-order valence-corrected chi connectivity index (χ0v) is 12.7. The number of nitrogens with one attached hydrogen (secondary N) is 1. The van der Waals surface area contributed by atoms with E-state index in [4.69, 9.17) is 0 Å². The van der Waals surface area contributed by atoms with Crippen molar-refractivity contribution in [3.8, 4) is 5.75 Å². The van der Waals surface area contributed by atoms with E-state index in [2.05, 4.69) is 28.8 Å². The molecule has 1 aliphatic heterocycles. The van der Waals surface area contributed by atoms with Crippen molar-refractivity contribution in [2.24, 2.45) is 5.92 Å². The van der Waals surface area contributed by atoms with Gasteiger partial charge in [-0.1, -0.05) is 19.1 Å². The van der Waals surface area contributed by atoms with Crippen molar-refractivity contribution < 1.29 is 13.5 Å². The van der Waals surface area contributed by atoms with Crippen LogP contribution in [0, 0.1) is 5.92 Å². The molecule has 0 amide bonds. The first-order chi connectivity index (χ1) is 10.1. The summed E-state index contributed by atoms with van der Waals surface area (Å²) in [6.45, 7) is 4.83. The van der Waals surface area contributed by atoms with Gasteiger partial charge in [-0.2, -0.15) is 8.78 Å². The maximum atomic E-state index is 12.4. The second-order valence-corrected chi connectivity index (χ2v) is 5.58. The summed E-state index contributed by atoms with van der Waals surface area (Å²) in [5.74, 6) is 0.776. The van der Waals surface area contributed by atoms with Crippen LogP contribution in [-0.4, -0.2) is 37.2 Å². The topological polar surface area (TPSA) is 24.5 Å². The molecular formula is C16H24F2N2O. The van der Waals surface area contributed by atoms with Gasteiger partial charge < -0.3 is 15.0 Å². The molecule has 0 bridgehead atoms. The summed E-state index contributed by atoms with van der Waals surface area (Å²) in [4.78, 5) is 2.44. The predicted molar refractivity (Wildman–Crippen MR) is 81.0 cm³/mol. The molecule has 1 aliphatic rings. The van der Waals surface area contributed by atoms with E-state index in [1.165, 1.54) is 0 Å². The van der Waals surface area contributed by atoms with Crippen molar-refractivity contribution in [3.63, 3.8) is 0 Å². The molecule has 5 heteroatoms. The van der Waals surface area contributed by atoms with Crippen LogP contribution >= 0.6 is 0 Å². The lowest BCUT2D eigenvalue weighted by molar-refractivity contribution is -0.0494. The number of nitrogens with zero attached hydrogens (tertiary/aromatic N) is 1. The van der Waals surface area contributed by atoms with Crippen molar-refractivity contribution >= 4 is 5.69 Å². The van der Waals surface area contributed by atoms with Gasteiger partial charge in [0.05, 0.1) is 5.69 Å². The molecule has 118 valence electrons. The molecule has 2 rings (SSSR count). The number of piperidine rings is 1. The molecule has 1 N–H and O–H groups in total. The zero-order chi connectivity index (χ0) is 15.2. The van der Waals surface area contributed by atoms with Crippen LogP contribution in [0.25, 0.3) is 0 Å². The molecule has 3 nitrogen and oxygen atoms in total. The van der Waals surface area contributed by atoms with Gasteiger partial charge in [-0.15, -0.1) is 0 Å². The molecule has 21 heavy (non-hydrogen) atoms. The molecule has 0 aromatic heterocycles. The SMILES string of the molecule is CCN1CCC(C(C)Nc2ccccc2OC(F)F)CC1. The number of likely N-dealkylation sites (tertiary alicyclic amines) is 1. The summed E-state index contributed by atoms with van der Waals surface area (Å²) in [6, 6.07) is 7.13. The van der Waals surface area contributed by atoms with Crippen LogP contribution < -0.4 is 10.1 Å². The van der Waals surface area contributed by atoms with Gasteiger partial charge in [0.1, 0.15) is 5.75 Å². The number of hydrogen-bond acceptors (Lipinski definition) is 3. The Kier molecular flexibility index (Phi) is 5.79. The number of halogens is 2. The van der Waals surface area contributed by atoms with E-state index in [9.17, 15) is 8.78 Å². The molecule has 0 aliphatic carbocycles. The van der Waals surface area contributed by atoms with E-state index < -0.39 is 6.61 Å². The smallest absolute Gasteiger partial charge is 0.387 e. The largest absolute Gasteiger partial charge is 0.433 e. The van der Waals surface area contributed by atoms with Gasteiger partial charge in [0.25, 0.3) is 0 Å². The Morgan fingerprint density at radius 2 is 1.95 bits per heavy atom. The molecule has 0 saturated carbocycles. The lowest BCUT2D eigenvalue weighted by Crippen LogP contribution is -2.39. The average Bonchev–Trinajstić information content (AvgIpc) is 2.49. The molecule has 0 spiro atoms. The van der Waals surface area contributed by atoms with Crippen LogP contribution in [0.2, 0.25) is 0 Å². The van der Waals surface area contributed by atoms with Crippen LogP contribution in [0.5, 0.6) is 5.75 Å². The summed E-state index contributed by atoms with van der Waals surface area (Å²) in [7, 11) is 0. The summed E-state index contributed by atoms with van der Waals surface area (Å²) in [6.07, 6.45) is 2.28. The van der Waals surface area contributed by atoms with Crippen molar-refractivity contribution in [3.05, 3.63) is 24.3 Å². The first-order valence-corrected chi connectivity index (χ1v) is 7.63. The summed E-state index contributed by atoms with van der Waals surface area (Å²) in [5.41, 5.74) is 0.642. The number of rotatable bonds is 6. The molecule has 1 atom stereocenters. The Morgan fingerprint density at radius 3 is 2.57 bits per heavy atom. The molecule has 1 aromatic carbocycles. The van der Waals surface area contributed by atoms with Gasteiger partial charge in [-0.05, 0) is 57.5 Å². The fourth-order valence-corrected chi connectivity index (χ4v) is 2.92. The second kappa shape index (κ2) is 7.59. The highest BCUT2D eigenvalue weighted by Gasteiger charge is 2.23. The van der Waals surface area contributed by atoms with Gasteiger partial charge in [-0.25, -0.2) is 0 Å². The summed E-state index contributed by atoms with van der Waals surface area (Å²) in [5, 5.41) is 3.34. The van der Waals surface area contributed by atoms with Gasteiger partial charge in [0.15, 0.2) is 0 Å². The molecular weight excluding hydrogens is 274 g/mol. The average molecular weight is 298 g/mol. The predicted octanol–water partition coefficient (Wildman–Crippen LogP) is 3.82. The summed E-state index contributed by atoms with van der Waals surface area (Å²) >= 11 is 0. The minimum atomic E-state index is -2.80. The first-order valence-electron chi connectivity index (χ1n) is 7.63. The highest BCUT2D eigenvalue weighted by atomic mass is 19.3. The fraction of sp³-hybridized carbons (Fsp3) is 0.625. The van der Waals surface area contributed by atoms with E-state index in [0.29, 0.717) is 11.6 Å².